The fourth-order valence-electron chi connectivity index (χ4n) is 2.90. The maximum Gasteiger partial charge on any atom is 0.229 e. The first-order chi connectivity index (χ1) is 12.9. The molecule has 3 rings (SSSR count). The van der Waals surface area contributed by atoms with Gasteiger partial charge in [-0.2, -0.15) is 10.2 Å². The van der Waals surface area contributed by atoms with E-state index >= 15 is 0 Å². The quantitative estimate of drug-likeness (QED) is 0.497. The summed E-state index contributed by atoms with van der Waals surface area (Å²) in [5.74, 6) is 0.948. The molecule has 0 aliphatic carbocycles. The van der Waals surface area contributed by atoms with Crippen molar-refractivity contribution in [2.75, 3.05) is 9.74 Å². The number of hydrogen-bond acceptors (Lipinski definition) is 5. The first-order valence-electron chi connectivity index (χ1n) is 8.22. The normalized spacial score (nSPS) is 10.4. The van der Waals surface area contributed by atoms with E-state index in [9.17, 15) is 0 Å². The third-order valence-corrected chi connectivity index (χ3v) is 4.90. The average molecular weight is 443 g/mol. The number of rotatable bonds is 4. The Morgan fingerprint density at radius 3 is 2.33 bits per heavy atom. The van der Waals surface area contributed by atoms with Gasteiger partial charge in [0.1, 0.15) is 0 Å². The number of aromatic nitrogens is 2. The van der Waals surface area contributed by atoms with Crippen molar-refractivity contribution in [3.8, 4) is 6.07 Å². The monoisotopic (exact) mass is 441 g/mol. The van der Waals surface area contributed by atoms with Crippen LogP contribution < -0.4 is 9.74 Å². The molecule has 1 heterocycles. The summed E-state index contributed by atoms with van der Waals surface area (Å²) in [5, 5.41) is 12.0. The molecule has 0 saturated carbocycles. The van der Waals surface area contributed by atoms with Crippen LogP contribution in [0.5, 0.6) is 0 Å². The highest BCUT2D eigenvalue weighted by Gasteiger charge is 2.18. The first kappa shape index (κ1) is 19.2. The van der Waals surface area contributed by atoms with Crippen molar-refractivity contribution in [2.45, 2.75) is 20.8 Å². The summed E-state index contributed by atoms with van der Waals surface area (Å²) in [6, 6.07) is 13.3. The van der Waals surface area contributed by atoms with Crippen LogP contribution in [0, 0.1) is 32.1 Å². The van der Waals surface area contributed by atoms with Crippen LogP contribution in [0.2, 0.25) is 0 Å². The number of nitriles is 1. The van der Waals surface area contributed by atoms with Crippen molar-refractivity contribution < 1.29 is 0 Å². The van der Waals surface area contributed by atoms with E-state index in [1.807, 2.05) is 13.8 Å². The van der Waals surface area contributed by atoms with Gasteiger partial charge in [-0.1, -0.05) is 17.7 Å². The summed E-state index contributed by atoms with van der Waals surface area (Å²) >= 11 is 10.1. The minimum absolute atomic E-state index is 0.408. The van der Waals surface area contributed by atoms with E-state index in [1.54, 1.807) is 34.9 Å². The number of halogens is 2. The van der Waals surface area contributed by atoms with Gasteiger partial charge in [0, 0.05) is 23.7 Å². The third-order valence-electron chi connectivity index (χ3n) is 4.01. The van der Waals surface area contributed by atoms with Crippen molar-refractivity contribution in [1.82, 2.24) is 9.97 Å². The number of aryl methyl sites for hydroxylation is 3. The Hall–Kier alpha value is -2.62. The molecule has 2 aromatic carbocycles. The molecule has 0 fully saturated rings. The Kier molecular flexibility index (Phi) is 5.64. The molecule has 1 N–H and O–H groups in total. The third kappa shape index (κ3) is 4.21. The Balaban J connectivity index is 1.94. The Labute approximate surface area is 171 Å². The van der Waals surface area contributed by atoms with E-state index in [1.165, 1.54) is 5.56 Å². The second-order valence-corrected chi connectivity index (χ2v) is 7.40. The van der Waals surface area contributed by atoms with Gasteiger partial charge in [-0.25, -0.2) is 9.40 Å². The molecule has 1 aromatic heterocycles. The molecule has 0 amide bonds. The van der Waals surface area contributed by atoms with Crippen molar-refractivity contribution in [3.05, 3.63) is 69.3 Å². The second-order valence-electron chi connectivity index (χ2n) is 6.21. The molecule has 0 unspecified atom stereocenters. The highest BCUT2D eigenvalue weighted by molar-refractivity contribution is 9.10. The zero-order chi connectivity index (χ0) is 19.6. The predicted molar refractivity (Wildman–Crippen MR) is 113 cm³/mol. The van der Waals surface area contributed by atoms with E-state index in [4.69, 9.17) is 17.0 Å². The lowest BCUT2D eigenvalue weighted by Gasteiger charge is -2.21. The second kappa shape index (κ2) is 7.95. The van der Waals surface area contributed by atoms with Crippen LogP contribution in [0.3, 0.4) is 0 Å². The van der Waals surface area contributed by atoms with Crippen LogP contribution >= 0.6 is 27.7 Å². The summed E-state index contributed by atoms with van der Waals surface area (Å²) in [6.07, 6.45) is 1.66. The van der Waals surface area contributed by atoms with E-state index in [-0.39, 0.29) is 0 Å². The predicted octanol–water partition coefficient (Wildman–Crippen LogP) is 6.07. The van der Waals surface area contributed by atoms with Crippen LogP contribution in [-0.4, -0.2) is 9.97 Å². The summed E-state index contributed by atoms with van der Waals surface area (Å²) in [5.41, 5.74) is 5.58. The lowest BCUT2D eigenvalue weighted by atomic mass is 10.1. The molecule has 0 aliphatic rings. The fraction of sp³-hybridized carbons (Fsp3) is 0.150. The van der Waals surface area contributed by atoms with Crippen LogP contribution in [-0.2, 0) is 0 Å². The van der Waals surface area contributed by atoms with Crippen LogP contribution in [0.15, 0.2) is 47.1 Å². The zero-order valence-electron chi connectivity index (χ0n) is 15.1. The zero-order valence-corrected chi connectivity index (χ0v) is 17.4. The molecule has 136 valence electrons. The topological polar surface area (TPSA) is 64.8 Å². The first-order valence-corrected chi connectivity index (χ1v) is 9.35. The molecule has 0 bridgehead atoms. The van der Waals surface area contributed by atoms with E-state index in [0.29, 0.717) is 21.8 Å². The molecule has 0 spiro atoms. The summed E-state index contributed by atoms with van der Waals surface area (Å²) in [7, 11) is 0. The van der Waals surface area contributed by atoms with Crippen LogP contribution in [0.25, 0.3) is 0 Å². The van der Waals surface area contributed by atoms with Gasteiger partial charge >= 0.3 is 0 Å². The van der Waals surface area contributed by atoms with E-state index in [2.05, 4.69) is 56.3 Å². The van der Waals surface area contributed by atoms with Crippen molar-refractivity contribution in [1.29, 1.82) is 5.26 Å². The molecule has 3 aromatic rings. The van der Waals surface area contributed by atoms with Gasteiger partial charge in [-0.15, -0.1) is 0 Å². The molecule has 0 aliphatic heterocycles. The van der Waals surface area contributed by atoms with Crippen molar-refractivity contribution >= 4 is 50.8 Å². The van der Waals surface area contributed by atoms with Gasteiger partial charge in [-0.3, -0.25) is 0 Å². The van der Waals surface area contributed by atoms with Crippen LogP contribution in [0.4, 0.5) is 23.1 Å². The lowest BCUT2D eigenvalue weighted by Crippen LogP contribution is -2.10. The van der Waals surface area contributed by atoms with Gasteiger partial charge in [0.2, 0.25) is 5.95 Å². The van der Waals surface area contributed by atoms with Gasteiger partial charge < -0.3 is 5.32 Å². The number of hydrogen-bond donors (Lipinski definition) is 1. The Morgan fingerprint density at radius 2 is 1.74 bits per heavy atom. The molecular formula is C20H17BrClN5. The Bertz CT molecular complexity index is 1000. The number of nitrogens with one attached hydrogen (secondary N) is 1. The average Bonchev–Trinajstić information content (AvgIpc) is 2.63. The molecular weight excluding hydrogens is 426 g/mol. The lowest BCUT2D eigenvalue weighted by molar-refractivity contribution is 1.12. The molecule has 0 atom stereocenters. The maximum atomic E-state index is 8.90. The summed E-state index contributed by atoms with van der Waals surface area (Å²) in [4.78, 5) is 8.84. The molecule has 0 radical (unpaired) electrons. The molecule has 27 heavy (non-hydrogen) atoms. The SMILES string of the molecule is Cc1cc(C)c(N(Cl)c2nc(Nc3ccc(C#N)cc3)ncc2Br)c(C)c1. The highest BCUT2D eigenvalue weighted by atomic mass is 79.9. The Morgan fingerprint density at radius 1 is 1.11 bits per heavy atom. The molecule has 0 saturated heterocycles. The largest absolute Gasteiger partial charge is 0.324 e. The van der Waals surface area contributed by atoms with Crippen molar-refractivity contribution in [2.24, 2.45) is 0 Å². The summed E-state index contributed by atoms with van der Waals surface area (Å²) < 4.78 is 2.22. The van der Waals surface area contributed by atoms with Crippen LogP contribution in [0.1, 0.15) is 22.3 Å². The maximum absolute atomic E-state index is 8.90. The smallest absolute Gasteiger partial charge is 0.229 e. The fourth-order valence-corrected chi connectivity index (χ4v) is 3.77. The van der Waals surface area contributed by atoms with Gasteiger partial charge in [-0.05, 0) is 72.1 Å². The van der Waals surface area contributed by atoms with E-state index < -0.39 is 0 Å². The van der Waals surface area contributed by atoms with Gasteiger partial charge in [0.05, 0.1) is 21.8 Å². The number of anilines is 4. The molecule has 7 heteroatoms. The number of benzene rings is 2. The minimum atomic E-state index is 0.408. The highest BCUT2D eigenvalue weighted by Crippen LogP contribution is 2.37. The van der Waals surface area contributed by atoms with Gasteiger partial charge in [0.15, 0.2) is 5.82 Å². The van der Waals surface area contributed by atoms with E-state index in [0.717, 1.165) is 22.5 Å². The number of nitrogens with zero attached hydrogens (tertiary/aromatic N) is 4. The summed E-state index contributed by atoms with van der Waals surface area (Å²) in [6.45, 7) is 6.11. The van der Waals surface area contributed by atoms with Crippen molar-refractivity contribution in [3.63, 3.8) is 0 Å². The molecule has 5 nitrogen and oxygen atoms in total. The van der Waals surface area contributed by atoms with Gasteiger partial charge in [0.25, 0.3) is 0 Å². The minimum Gasteiger partial charge on any atom is -0.324 e. The standard InChI is InChI=1S/C20H17BrClN5/c1-12-8-13(2)18(14(3)9-12)27(22)19-17(21)11-24-20(26-19)25-16-6-4-15(10-23)5-7-16/h4-9,11H,1-3H3,(H,24,25,26).